The van der Waals surface area contributed by atoms with Crippen LogP contribution in [0, 0.1) is 11.8 Å². The van der Waals surface area contributed by atoms with Crippen LogP contribution in [-0.4, -0.2) is 23.5 Å². The average molecular weight is 276 g/mol. The third-order valence-corrected chi connectivity index (χ3v) is 3.97. The molecule has 108 valence electrons. The summed E-state index contributed by atoms with van der Waals surface area (Å²) >= 11 is 0. The minimum Gasteiger partial charge on any atom is -0.478 e. The van der Waals surface area contributed by atoms with Crippen LogP contribution in [0.1, 0.15) is 35.2 Å². The van der Waals surface area contributed by atoms with Crippen molar-refractivity contribution in [2.24, 2.45) is 17.6 Å². The molecule has 2 rings (SSSR count). The Morgan fingerprint density at radius 2 is 1.95 bits per heavy atom. The summed E-state index contributed by atoms with van der Waals surface area (Å²) in [5.41, 5.74) is 6.82. The zero-order valence-electron chi connectivity index (χ0n) is 11.3. The Morgan fingerprint density at radius 3 is 2.55 bits per heavy atom. The maximum Gasteiger partial charge on any atom is 0.335 e. The van der Waals surface area contributed by atoms with Gasteiger partial charge in [0.1, 0.15) is 0 Å². The van der Waals surface area contributed by atoms with Gasteiger partial charge in [-0.05, 0) is 43.0 Å². The molecule has 0 saturated heterocycles. The number of aromatic carboxylic acids is 1. The second-order valence-corrected chi connectivity index (χ2v) is 5.25. The van der Waals surface area contributed by atoms with E-state index in [1.807, 2.05) is 0 Å². The van der Waals surface area contributed by atoms with E-state index in [-0.39, 0.29) is 17.4 Å². The van der Waals surface area contributed by atoms with Gasteiger partial charge in [0.2, 0.25) is 5.91 Å². The number of amides is 1. The van der Waals surface area contributed by atoms with Gasteiger partial charge in [0, 0.05) is 12.5 Å². The molecule has 1 amide bonds. The molecule has 0 aromatic heterocycles. The van der Waals surface area contributed by atoms with Gasteiger partial charge in [-0.1, -0.05) is 18.6 Å². The van der Waals surface area contributed by atoms with Crippen LogP contribution in [-0.2, 0) is 11.3 Å². The number of benzene rings is 1. The molecule has 4 N–H and O–H groups in total. The van der Waals surface area contributed by atoms with E-state index >= 15 is 0 Å². The zero-order valence-corrected chi connectivity index (χ0v) is 11.3. The third-order valence-electron chi connectivity index (χ3n) is 3.97. The van der Waals surface area contributed by atoms with E-state index in [1.165, 1.54) is 0 Å². The lowest BCUT2D eigenvalue weighted by Crippen LogP contribution is -2.34. The Bertz CT molecular complexity index is 484. The van der Waals surface area contributed by atoms with E-state index in [0.717, 1.165) is 24.8 Å². The zero-order chi connectivity index (χ0) is 14.5. The Morgan fingerprint density at radius 1 is 1.25 bits per heavy atom. The second-order valence-electron chi connectivity index (χ2n) is 5.25. The minimum absolute atomic E-state index is 0.0262. The molecule has 0 heterocycles. The lowest BCUT2D eigenvalue weighted by Gasteiger charge is -2.17. The van der Waals surface area contributed by atoms with Crippen molar-refractivity contribution in [1.29, 1.82) is 0 Å². The van der Waals surface area contributed by atoms with Gasteiger partial charge in [-0.25, -0.2) is 4.79 Å². The molecule has 0 spiro atoms. The quantitative estimate of drug-likeness (QED) is 0.757. The van der Waals surface area contributed by atoms with Crippen molar-refractivity contribution in [2.45, 2.75) is 25.8 Å². The molecule has 2 unspecified atom stereocenters. The van der Waals surface area contributed by atoms with E-state index in [1.54, 1.807) is 24.3 Å². The van der Waals surface area contributed by atoms with Crippen molar-refractivity contribution in [3.8, 4) is 0 Å². The summed E-state index contributed by atoms with van der Waals surface area (Å²) in [6.07, 6.45) is 3.00. The number of nitrogens with two attached hydrogens (primary N) is 1. The van der Waals surface area contributed by atoms with Crippen molar-refractivity contribution in [1.82, 2.24) is 5.32 Å². The molecule has 0 radical (unpaired) electrons. The van der Waals surface area contributed by atoms with Crippen LogP contribution in [0.3, 0.4) is 0 Å². The van der Waals surface area contributed by atoms with Crippen molar-refractivity contribution in [2.75, 3.05) is 6.54 Å². The van der Waals surface area contributed by atoms with Gasteiger partial charge in [-0.2, -0.15) is 0 Å². The first-order valence-corrected chi connectivity index (χ1v) is 6.92. The predicted molar refractivity (Wildman–Crippen MR) is 75.1 cm³/mol. The molecule has 0 bridgehead atoms. The summed E-state index contributed by atoms with van der Waals surface area (Å²) < 4.78 is 0. The lowest BCUT2D eigenvalue weighted by molar-refractivity contribution is -0.126. The van der Waals surface area contributed by atoms with Crippen LogP contribution in [0.25, 0.3) is 0 Å². The monoisotopic (exact) mass is 276 g/mol. The van der Waals surface area contributed by atoms with Crippen LogP contribution >= 0.6 is 0 Å². The molecular weight excluding hydrogens is 256 g/mol. The number of carboxylic acids is 1. The van der Waals surface area contributed by atoms with Crippen molar-refractivity contribution < 1.29 is 14.7 Å². The summed E-state index contributed by atoms with van der Waals surface area (Å²) in [6, 6.07) is 6.53. The highest BCUT2D eigenvalue weighted by Gasteiger charge is 2.31. The molecule has 1 aliphatic rings. The average Bonchev–Trinajstić information content (AvgIpc) is 2.93. The molecule has 20 heavy (non-hydrogen) atoms. The fourth-order valence-electron chi connectivity index (χ4n) is 2.75. The van der Waals surface area contributed by atoms with Crippen LogP contribution in [0.4, 0.5) is 0 Å². The molecule has 5 nitrogen and oxygen atoms in total. The summed E-state index contributed by atoms with van der Waals surface area (Å²) in [5, 5.41) is 11.7. The molecule has 5 heteroatoms. The third kappa shape index (κ3) is 3.36. The highest BCUT2D eigenvalue weighted by Crippen LogP contribution is 2.30. The fraction of sp³-hybridized carbons (Fsp3) is 0.467. The molecule has 0 aliphatic heterocycles. The normalized spacial score (nSPS) is 21.6. The van der Waals surface area contributed by atoms with Crippen molar-refractivity contribution in [3.05, 3.63) is 35.4 Å². The topological polar surface area (TPSA) is 92.4 Å². The highest BCUT2D eigenvalue weighted by atomic mass is 16.4. The largest absolute Gasteiger partial charge is 0.478 e. The van der Waals surface area contributed by atoms with Gasteiger partial charge >= 0.3 is 5.97 Å². The fourth-order valence-corrected chi connectivity index (χ4v) is 2.75. The van der Waals surface area contributed by atoms with Crippen LogP contribution in [0.2, 0.25) is 0 Å². The van der Waals surface area contributed by atoms with E-state index in [4.69, 9.17) is 10.8 Å². The van der Waals surface area contributed by atoms with Crippen LogP contribution < -0.4 is 11.1 Å². The summed E-state index contributed by atoms with van der Waals surface area (Å²) in [6.45, 7) is 0.984. The first kappa shape index (κ1) is 14.5. The first-order valence-electron chi connectivity index (χ1n) is 6.92. The van der Waals surface area contributed by atoms with E-state index < -0.39 is 5.97 Å². The van der Waals surface area contributed by atoms with Gasteiger partial charge < -0.3 is 16.2 Å². The van der Waals surface area contributed by atoms with Gasteiger partial charge in [-0.15, -0.1) is 0 Å². The van der Waals surface area contributed by atoms with Gasteiger partial charge in [0.25, 0.3) is 0 Å². The summed E-state index contributed by atoms with van der Waals surface area (Å²) in [5.74, 6) is -0.569. The molecule has 1 fully saturated rings. The number of hydrogen-bond acceptors (Lipinski definition) is 3. The Kier molecular flexibility index (Phi) is 4.74. The van der Waals surface area contributed by atoms with Gasteiger partial charge in [-0.3, -0.25) is 4.79 Å². The number of carbonyl (C=O) groups is 2. The molecule has 1 aromatic rings. The Labute approximate surface area is 118 Å². The number of rotatable bonds is 5. The van der Waals surface area contributed by atoms with Crippen LogP contribution in [0.15, 0.2) is 24.3 Å². The first-order chi connectivity index (χ1) is 9.61. The SMILES string of the molecule is NCC1CCCC1C(=O)NCc1ccc(C(=O)O)cc1. The Balaban J connectivity index is 1.88. The molecular formula is C15H20N2O3. The van der Waals surface area contributed by atoms with Crippen molar-refractivity contribution >= 4 is 11.9 Å². The van der Waals surface area contributed by atoms with Gasteiger partial charge in [0.05, 0.1) is 5.56 Å². The number of carbonyl (C=O) groups excluding carboxylic acids is 1. The van der Waals surface area contributed by atoms with Crippen molar-refractivity contribution in [3.63, 3.8) is 0 Å². The molecule has 2 atom stereocenters. The second kappa shape index (κ2) is 6.52. The smallest absolute Gasteiger partial charge is 0.335 e. The van der Waals surface area contributed by atoms with Gasteiger partial charge in [0.15, 0.2) is 0 Å². The van der Waals surface area contributed by atoms with E-state index in [2.05, 4.69) is 5.32 Å². The number of carboxylic acid groups (broad SMARTS) is 1. The number of hydrogen-bond donors (Lipinski definition) is 3. The summed E-state index contributed by atoms with van der Waals surface area (Å²) in [4.78, 5) is 22.8. The maximum absolute atomic E-state index is 12.1. The predicted octanol–water partition coefficient (Wildman–Crippen LogP) is 1.38. The molecule has 1 saturated carbocycles. The lowest BCUT2D eigenvalue weighted by atomic mass is 9.95. The molecule has 1 aromatic carbocycles. The minimum atomic E-state index is -0.947. The summed E-state index contributed by atoms with van der Waals surface area (Å²) in [7, 11) is 0. The van der Waals surface area contributed by atoms with Crippen LogP contribution in [0.5, 0.6) is 0 Å². The van der Waals surface area contributed by atoms with E-state index in [9.17, 15) is 9.59 Å². The molecule has 1 aliphatic carbocycles. The highest BCUT2D eigenvalue weighted by molar-refractivity contribution is 5.87. The Hall–Kier alpha value is -1.88. The standard InChI is InChI=1S/C15H20N2O3/c16-8-12-2-1-3-13(12)14(18)17-9-10-4-6-11(7-5-10)15(19)20/h4-7,12-13H,1-3,8-9,16H2,(H,17,18)(H,19,20). The number of nitrogens with one attached hydrogen (secondary N) is 1. The maximum atomic E-state index is 12.1. The van der Waals surface area contributed by atoms with E-state index in [0.29, 0.717) is 19.0 Å².